The number of benzene rings is 2. The predicted molar refractivity (Wildman–Crippen MR) is 109 cm³/mol. The first-order valence-corrected chi connectivity index (χ1v) is 10.2. The van der Waals surface area contributed by atoms with Crippen LogP contribution in [0.15, 0.2) is 42.5 Å². The van der Waals surface area contributed by atoms with E-state index in [0.29, 0.717) is 27.9 Å². The third-order valence-electron chi connectivity index (χ3n) is 6.12. The number of carbonyl (C=O) groups excluding carboxylic acids is 1. The minimum atomic E-state index is -1.36. The first-order chi connectivity index (χ1) is 12.8. The van der Waals surface area contributed by atoms with Crippen molar-refractivity contribution in [1.29, 1.82) is 0 Å². The number of rotatable bonds is 2. The Bertz CT molecular complexity index is 885. The summed E-state index contributed by atoms with van der Waals surface area (Å²) in [5.41, 5.74) is 0.676. The van der Waals surface area contributed by atoms with Crippen LogP contribution in [0, 0.1) is 5.92 Å². The van der Waals surface area contributed by atoms with Crippen molar-refractivity contribution in [2.75, 3.05) is 0 Å². The molecule has 0 bridgehead atoms. The van der Waals surface area contributed by atoms with E-state index in [1.54, 1.807) is 6.07 Å². The zero-order valence-corrected chi connectivity index (χ0v) is 17.0. The zero-order chi connectivity index (χ0) is 19.3. The van der Waals surface area contributed by atoms with Gasteiger partial charge in [-0.3, -0.25) is 4.79 Å². The van der Waals surface area contributed by atoms with E-state index in [0.717, 1.165) is 11.1 Å². The Morgan fingerprint density at radius 1 is 1.07 bits per heavy atom. The molecule has 4 rings (SSSR count). The molecule has 2 fully saturated rings. The molecule has 2 aliphatic rings. The Kier molecular flexibility index (Phi) is 4.92. The first kappa shape index (κ1) is 19.1. The maximum atomic E-state index is 12.5. The molecule has 27 heavy (non-hydrogen) atoms. The fourth-order valence-electron chi connectivity index (χ4n) is 4.96. The van der Waals surface area contributed by atoms with Crippen LogP contribution in [0.3, 0.4) is 0 Å². The molecule has 6 heteroatoms. The van der Waals surface area contributed by atoms with Gasteiger partial charge in [-0.2, -0.15) is 0 Å². The molecular weight excluding hydrogens is 405 g/mol. The van der Waals surface area contributed by atoms with Crippen molar-refractivity contribution in [3.05, 3.63) is 68.7 Å². The topological polar surface area (TPSA) is 49.3 Å². The molecule has 5 atom stereocenters. The molecular formula is C21H20Cl3NO2. The van der Waals surface area contributed by atoms with Gasteiger partial charge in [0.05, 0.1) is 0 Å². The van der Waals surface area contributed by atoms with Crippen LogP contribution in [0.5, 0.6) is 0 Å². The second-order valence-corrected chi connectivity index (χ2v) is 8.88. The number of aliphatic hydroxyl groups is 1. The third kappa shape index (κ3) is 3.15. The third-order valence-corrected chi connectivity index (χ3v) is 6.93. The van der Waals surface area contributed by atoms with Gasteiger partial charge in [0.1, 0.15) is 5.60 Å². The summed E-state index contributed by atoms with van der Waals surface area (Å²) in [6, 6.07) is 13.1. The molecule has 2 N–H and O–H groups in total. The molecule has 1 saturated carbocycles. The van der Waals surface area contributed by atoms with Crippen molar-refractivity contribution < 1.29 is 9.90 Å². The summed E-state index contributed by atoms with van der Waals surface area (Å²) in [7, 11) is 0. The second kappa shape index (κ2) is 6.97. The molecule has 142 valence electrons. The van der Waals surface area contributed by atoms with Crippen LogP contribution >= 0.6 is 34.8 Å². The Hall–Kier alpha value is -1.26. The standard InChI is InChI=1S/C21H20Cl3NO2/c1-11-19-18(12-2-4-13(22)5-3-12)16(8-9-21(19,27)20(26)25-11)15-7-6-14(23)10-17(15)24/h2-7,10-11,16,18-19,27H,8-9H2,1H3,(H,25,26). The molecule has 1 aliphatic carbocycles. The smallest absolute Gasteiger partial charge is 0.252 e. The lowest BCUT2D eigenvalue weighted by Crippen LogP contribution is -2.49. The largest absolute Gasteiger partial charge is 0.380 e. The lowest BCUT2D eigenvalue weighted by molar-refractivity contribution is -0.142. The normalized spacial score (nSPS) is 32.9. The predicted octanol–water partition coefficient (Wildman–Crippen LogP) is 5.17. The van der Waals surface area contributed by atoms with Crippen molar-refractivity contribution in [1.82, 2.24) is 5.32 Å². The van der Waals surface area contributed by atoms with Gasteiger partial charge in [-0.05, 0) is 67.0 Å². The molecule has 5 unspecified atom stereocenters. The van der Waals surface area contributed by atoms with Crippen molar-refractivity contribution in [3.8, 4) is 0 Å². The van der Waals surface area contributed by atoms with Gasteiger partial charge in [-0.15, -0.1) is 0 Å². The van der Waals surface area contributed by atoms with Crippen LogP contribution in [0.4, 0.5) is 0 Å². The summed E-state index contributed by atoms with van der Waals surface area (Å²) >= 11 is 18.7. The lowest BCUT2D eigenvalue weighted by Gasteiger charge is -2.45. The highest BCUT2D eigenvalue weighted by Gasteiger charge is 2.59. The van der Waals surface area contributed by atoms with Crippen LogP contribution in [0.25, 0.3) is 0 Å². The Morgan fingerprint density at radius 3 is 2.41 bits per heavy atom. The molecule has 0 aromatic heterocycles. The van der Waals surface area contributed by atoms with Gasteiger partial charge in [0, 0.05) is 27.0 Å². The van der Waals surface area contributed by atoms with Crippen molar-refractivity contribution in [3.63, 3.8) is 0 Å². The van der Waals surface area contributed by atoms with E-state index < -0.39 is 5.60 Å². The van der Waals surface area contributed by atoms with Crippen LogP contribution < -0.4 is 5.32 Å². The molecule has 1 heterocycles. The van der Waals surface area contributed by atoms with Gasteiger partial charge in [0.2, 0.25) is 0 Å². The maximum Gasteiger partial charge on any atom is 0.252 e. The Balaban J connectivity index is 1.85. The van der Waals surface area contributed by atoms with E-state index in [-0.39, 0.29) is 29.7 Å². The summed E-state index contributed by atoms with van der Waals surface area (Å²) in [6.07, 6.45) is 1.06. The van der Waals surface area contributed by atoms with Gasteiger partial charge in [-0.25, -0.2) is 0 Å². The number of hydrogen-bond donors (Lipinski definition) is 2. The van der Waals surface area contributed by atoms with Crippen molar-refractivity contribution in [2.45, 2.75) is 43.2 Å². The van der Waals surface area contributed by atoms with Gasteiger partial charge in [0.25, 0.3) is 5.91 Å². The molecule has 1 amide bonds. The number of hydrogen-bond acceptors (Lipinski definition) is 2. The summed E-state index contributed by atoms with van der Waals surface area (Å²) in [5.74, 6) is -0.540. The molecule has 2 aromatic rings. The monoisotopic (exact) mass is 423 g/mol. The molecule has 0 radical (unpaired) electrons. The minimum Gasteiger partial charge on any atom is -0.380 e. The molecule has 1 saturated heterocycles. The van der Waals surface area contributed by atoms with Crippen molar-refractivity contribution in [2.24, 2.45) is 5.92 Å². The van der Waals surface area contributed by atoms with E-state index in [1.807, 2.05) is 43.3 Å². The average Bonchev–Trinajstić information content (AvgIpc) is 2.85. The average molecular weight is 425 g/mol. The van der Waals surface area contributed by atoms with E-state index in [4.69, 9.17) is 34.8 Å². The van der Waals surface area contributed by atoms with Crippen LogP contribution in [0.2, 0.25) is 15.1 Å². The van der Waals surface area contributed by atoms with E-state index in [1.165, 1.54) is 0 Å². The van der Waals surface area contributed by atoms with E-state index in [2.05, 4.69) is 5.32 Å². The highest BCUT2D eigenvalue weighted by molar-refractivity contribution is 6.35. The number of carbonyl (C=O) groups is 1. The Morgan fingerprint density at radius 2 is 1.74 bits per heavy atom. The van der Waals surface area contributed by atoms with Crippen LogP contribution in [0.1, 0.15) is 42.7 Å². The summed E-state index contributed by atoms with van der Waals surface area (Å²) in [4.78, 5) is 12.5. The number of halogens is 3. The number of amides is 1. The Labute approximate surface area is 173 Å². The molecule has 1 aliphatic heterocycles. The summed E-state index contributed by atoms with van der Waals surface area (Å²) in [5, 5.41) is 16.0. The zero-order valence-electron chi connectivity index (χ0n) is 14.8. The molecule has 0 spiro atoms. The minimum absolute atomic E-state index is 0.0661. The summed E-state index contributed by atoms with van der Waals surface area (Å²) in [6.45, 7) is 1.95. The van der Waals surface area contributed by atoms with Crippen LogP contribution in [-0.4, -0.2) is 22.7 Å². The quantitative estimate of drug-likeness (QED) is 0.698. The van der Waals surface area contributed by atoms with Crippen LogP contribution in [-0.2, 0) is 4.79 Å². The lowest BCUT2D eigenvalue weighted by atomic mass is 9.60. The molecule has 2 aromatic carbocycles. The summed E-state index contributed by atoms with van der Waals surface area (Å²) < 4.78 is 0. The first-order valence-electron chi connectivity index (χ1n) is 9.05. The fraction of sp³-hybridized carbons (Fsp3) is 0.381. The van der Waals surface area contributed by atoms with E-state index >= 15 is 0 Å². The second-order valence-electron chi connectivity index (χ2n) is 7.60. The van der Waals surface area contributed by atoms with E-state index in [9.17, 15) is 9.90 Å². The number of nitrogens with one attached hydrogen (secondary N) is 1. The maximum absolute atomic E-state index is 12.5. The fourth-order valence-corrected chi connectivity index (χ4v) is 5.63. The van der Waals surface area contributed by atoms with Gasteiger partial charge >= 0.3 is 0 Å². The number of fused-ring (bicyclic) bond motifs is 1. The highest BCUT2D eigenvalue weighted by Crippen LogP contribution is 2.55. The van der Waals surface area contributed by atoms with Gasteiger partial charge < -0.3 is 10.4 Å². The highest BCUT2D eigenvalue weighted by atomic mass is 35.5. The SMILES string of the molecule is CC1NC(=O)C2(O)CCC(c3ccc(Cl)cc3Cl)C(c3ccc(Cl)cc3)C12. The molecule has 3 nitrogen and oxygen atoms in total. The van der Waals surface area contributed by atoms with Crippen molar-refractivity contribution >= 4 is 40.7 Å². The van der Waals surface area contributed by atoms with Gasteiger partial charge in [0.15, 0.2) is 0 Å². The van der Waals surface area contributed by atoms with Gasteiger partial charge in [-0.1, -0.05) is 53.0 Å².